The van der Waals surface area contributed by atoms with E-state index < -0.39 is 0 Å². The van der Waals surface area contributed by atoms with E-state index in [-0.39, 0.29) is 18.6 Å². The van der Waals surface area contributed by atoms with E-state index >= 15 is 0 Å². The molecule has 1 aromatic carbocycles. The van der Waals surface area contributed by atoms with E-state index in [4.69, 9.17) is 4.74 Å². The maximum atomic E-state index is 11.3. The lowest BCUT2D eigenvalue weighted by Gasteiger charge is -2.23. The van der Waals surface area contributed by atoms with Gasteiger partial charge in [0.15, 0.2) is 0 Å². The molecule has 94 valence electrons. The van der Waals surface area contributed by atoms with Crippen LogP contribution in [0.5, 0.6) is 0 Å². The van der Waals surface area contributed by atoms with Crippen molar-refractivity contribution in [3.63, 3.8) is 0 Å². The molecule has 0 aliphatic carbocycles. The largest absolute Gasteiger partial charge is 0.369 e. The smallest absolute Gasteiger partial charge is 0.246 e. The van der Waals surface area contributed by atoms with Crippen LogP contribution in [-0.4, -0.2) is 30.1 Å². The van der Waals surface area contributed by atoms with Gasteiger partial charge in [-0.25, -0.2) is 0 Å². The minimum absolute atomic E-state index is 0.0257. The Morgan fingerprint density at radius 2 is 2.33 bits per heavy atom. The third-order valence-corrected chi connectivity index (χ3v) is 3.31. The van der Waals surface area contributed by atoms with Gasteiger partial charge in [-0.15, -0.1) is 0 Å². The van der Waals surface area contributed by atoms with Gasteiger partial charge in [0.25, 0.3) is 0 Å². The van der Waals surface area contributed by atoms with Crippen molar-refractivity contribution in [3.8, 4) is 0 Å². The number of fused-ring (bicyclic) bond motifs is 1. The van der Waals surface area contributed by atoms with Crippen molar-refractivity contribution in [3.05, 3.63) is 35.5 Å². The van der Waals surface area contributed by atoms with Gasteiger partial charge in [-0.05, 0) is 31.0 Å². The van der Waals surface area contributed by atoms with Crippen molar-refractivity contribution in [2.45, 2.75) is 19.4 Å². The third kappa shape index (κ3) is 2.11. The van der Waals surface area contributed by atoms with Crippen LogP contribution in [-0.2, 0) is 16.0 Å². The first-order chi connectivity index (χ1) is 8.72. The summed E-state index contributed by atoms with van der Waals surface area (Å²) in [7, 11) is 0. The lowest BCUT2D eigenvalue weighted by molar-refractivity contribution is -0.131. The topological polar surface area (TPSA) is 54.1 Å². The van der Waals surface area contributed by atoms with Crippen LogP contribution in [0.4, 0.5) is 0 Å². The van der Waals surface area contributed by atoms with Gasteiger partial charge in [-0.1, -0.05) is 11.6 Å². The Kier molecular flexibility index (Phi) is 2.80. The Bertz CT molecular complexity index is 588. The Morgan fingerprint density at radius 1 is 1.44 bits per heavy atom. The SMILES string of the molecule is Cc1ccc2[nH]cc(CC3COCC(=O)N3)c2c1. The summed E-state index contributed by atoms with van der Waals surface area (Å²) in [4.78, 5) is 14.5. The zero-order valence-electron chi connectivity index (χ0n) is 10.3. The molecule has 2 aromatic rings. The number of aromatic nitrogens is 1. The van der Waals surface area contributed by atoms with E-state index in [9.17, 15) is 4.79 Å². The molecular formula is C14H16N2O2. The number of carbonyl (C=O) groups is 1. The van der Waals surface area contributed by atoms with E-state index in [0.717, 1.165) is 11.9 Å². The number of rotatable bonds is 2. The van der Waals surface area contributed by atoms with E-state index in [1.165, 1.54) is 16.5 Å². The number of morpholine rings is 1. The molecular weight excluding hydrogens is 228 g/mol. The number of amides is 1. The molecule has 1 aliphatic heterocycles. The second-order valence-corrected chi connectivity index (χ2v) is 4.85. The molecule has 0 spiro atoms. The fourth-order valence-electron chi connectivity index (χ4n) is 2.44. The van der Waals surface area contributed by atoms with E-state index in [0.29, 0.717) is 6.61 Å². The van der Waals surface area contributed by atoms with Gasteiger partial charge in [0, 0.05) is 17.1 Å². The monoisotopic (exact) mass is 244 g/mol. The van der Waals surface area contributed by atoms with Gasteiger partial charge >= 0.3 is 0 Å². The van der Waals surface area contributed by atoms with Crippen LogP contribution in [0.3, 0.4) is 0 Å². The molecule has 18 heavy (non-hydrogen) atoms. The lowest BCUT2D eigenvalue weighted by atomic mass is 10.0. The van der Waals surface area contributed by atoms with Gasteiger partial charge in [0.05, 0.1) is 12.6 Å². The van der Waals surface area contributed by atoms with Crippen molar-refractivity contribution in [2.75, 3.05) is 13.2 Å². The zero-order valence-corrected chi connectivity index (χ0v) is 10.3. The molecule has 4 heteroatoms. The molecule has 1 unspecified atom stereocenters. The normalized spacial score (nSPS) is 20.1. The average Bonchev–Trinajstić information content (AvgIpc) is 2.72. The summed E-state index contributed by atoms with van der Waals surface area (Å²) in [5.41, 5.74) is 3.61. The van der Waals surface area contributed by atoms with Crippen LogP contribution < -0.4 is 5.32 Å². The number of carbonyl (C=O) groups excluding carboxylic acids is 1. The summed E-state index contributed by atoms with van der Waals surface area (Å²) in [6.45, 7) is 2.86. The molecule has 1 atom stereocenters. The number of H-pyrrole nitrogens is 1. The predicted molar refractivity (Wildman–Crippen MR) is 69.5 cm³/mol. The fourth-order valence-corrected chi connectivity index (χ4v) is 2.44. The molecule has 0 radical (unpaired) electrons. The molecule has 1 fully saturated rings. The van der Waals surface area contributed by atoms with E-state index in [2.05, 4.69) is 35.4 Å². The maximum Gasteiger partial charge on any atom is 0.246 e. The van der Waals surface area contributed by atoms with E-state index in [1.54, 1.807) is 0 Å². The first-order valence-corrected chi connectivity index (χ1v) is 6.16. The average molecular weight is 244 g/mol. The van der Waals surface area contributed by atoms with Gasteiger partial charge in [-0.3, -0.25) is 4.79 Å². The Hall–Kier alpha value is -1.81. The molecule has 2 heterocycles. The van der Waals surface area contributed by atoms with Crippen LogP contribution in [0.2, 0.25) is 0 Å². The van der Waals surface area contributed by atoms with Gasteiger partial charge in [0.1, 0.15) is 6.61 Å². The zero-order chi connectivity index (χ0) is 12.5. The quantitative estimate of drug-likeness (QED) is 0.841. The molecule has 2 N–H and O–H groups in total. The lowest BCUT2D eigenvalue weighted by Crippen LogP contribution is -2.46. The van der Waals surface area contributed by atoms with Crippen LogP contribution in [0.15, 0.2) is 24.4 Å². The molecule has 1 aliphatic rings. The van der Waals surface area contributed by atoms with Crippen LogP contribution in [0, 0.1) is 6.92 Å². The minimum atomic E-state index is -0.0257. The highest BCUT2D eigenvalue weighted by atomic mass is 16.5. The Balaban J connectivity index is 1.85. The molecule has 4 nitrogen and oxygen atoms in total. The predicted octanol–water partition coefficient (Wildman–Crippen LogP) is 1.53. The summed E-state index contributed by atoms with van der Waals surface area (Å²) in [5, 5.41) is 4.19. The highest BCUT2D eigenvalue weighted by Gasteiger charge is 2.20. The number of aromatic amines is 1. The highest BCUT2D eigenvalue weighted by molar-refractivity contribution is 5.84. The maximum absolute atomic E-state index is 11.3. The summed E-state index contributed by atoms with van der Waals surface area (Å²) >= 11 is 0. The molecule has 0 saturated carbocycles. The Labute approximate surface area is 105 Å². The summed E-state index contributed by atoms with van der Waals surface area (Å²) in [6, 6.07) is 6.43. The number of hydrogen-bond acceptors (Lipinski definition) is 2. The first-order valence-electron chi connectivity index (χ1n) is 6.16. The van der Waals surface area contributed by atoms with Crippen LogP contribution in [0.1, 0.15) is 11.1 Å². The number of nitrogens with one attached hydrogen (secondary N) is 2. The molecule has 3 rings (SSSR count). The minimum Gasteiger partial charge on any atom is -0.369 e. The van der Waals surface area contributed by atoms with Crippen molar-refractivity contribution < 1.29 is 9.53 Å². The van der Waals surface area contributed by atoms with Gasteiger partial charge in [-0.2, -0.15) is 0 Å². The standard InChI is InChI=1S/C14H16N2O2/c1-9-2-3-13-12(4-9)10(6-15-13)5-11-7-18-8-14(17)16-11/h2-4,6,11,15H,5,7-8H2,1H3,(H,16,17). The van der Waals surface area contributed by atoms with Gasteiger partial charge < -0.3 is 15.0 Å². The highest BCUT2D eigenvalue weighted by Crippen LogP contribution is 2.21. The molecule has 1 saturated heterocycles. The van der Waals surface area contributed by atoms with Crippen LogP contribution in [0.25, 0.3) is 10.9 Å². The fraction of sp³-hybridized carbons (Fsp3) is 0.357. The van der Waals surface area contributed by atoms with Crippen molar-refractivity contribution in [2.24, 2.45) is 0 Å². The molecule has 1 aromatic heterocycles. The number of hydrogen-bond donors (Lipinski definition) is 2. The molecule has 1 amide bonds. The van der Waals surface area contributed by atoms with Gasteiger partial charge in [0.2, 0.25) is 5.91 Å². The Morgan fingerprint density at radius 3 is 3.17 bits per heavy atom. The second-order valence-electron chi connectivity index (χ2n) is 4.85. The number of benzene rings is 1. The van der Waals surface area contributed by atoms with Crippen molar-refractivity contribution in [1.29, 1.82) is 0 Å². The number of aryl methyl sites for hydroxylation is 1. The molecule has 0 bridgehead atoms. The number of ether oxygens (including phenoxy) is 1. The summed E-state index contributed by atoms with van der Waals surface area (Å²) in [5.74, 6) is -0.0257. The van der Waals surface area contributed by atoms with Crippen molar-refractivity contribution in [1.82, 2.24) is 10.3 Å². The van der Waals surface area contributed by atoms with Crippen LogP contribution >= 0.6 is 0 Å². The third-order valence-electron chi connectivity index (χ3n) is 3.31. The van der Waals surface area contributed by atoms with Crippen molar-refractivity contribution >= 4 is 16.8 Å². The summed E-state index contributed by atoms with van der Waals surface area (Å²) < 4.78 is 5.26. The first kappa shape index (κ1) is 11.3. The van der Waals surface area contributed by atoms with E-state index in [1.807, 2.05) is 6.20 Å². The second kappa shape index (κ2) is 4.46. The summed E-state index contributed by atoms with van der Waals surface area (Å²) in [6.07, 6.45) is 2.82.